The van der Waals surface area contributed by atoms with E-state index in [9.17, 15) is 18.0 Å². The van der Waals surface area contributed by atoms with Crippen LogP contribution < -0.4 is 5.32 Å². The van der Waals surface area contributed by atoms with Gasteiger partial charge in [0.2, 0.25) is 10.0 Å². The Morgan fingerprint density at radius 1 is 1.18 bits per heavy atom. The molecule has 1 amide bonds. The fourth-order valence-corrected chi connectivity index (χ4v) is 4.99. The van der Waals surface area contributed by atoms with Gasteiger partial charge in [0.15, 0.2) is 6.61 Å². The second kappa shape index (κ2) is 10.0. The first-order valence-corrected chi connectivity index (χ1v) is 11.3. The molecule has 1 fully saturated rings. The maximum atomic E-state index is 12.6. The zero-order chi connectivity index (χ0) is 20.7. The number of sulfonamides is 1. The monoisotopic (exact) mass is 410 g/mol. The summed E-state index contributed by atoms with van der Waals surface area (Å²) in [6, 6.07) is 5.82. The molecule has 0 unspecified atom stereocenters. The Bertz CT molecular complexity index is 790. The maximum absolute atomic E-state index is 12.6. The number of hydrogen-bond acceptors (Lipinski definition) is 5. The van der Waals surface area contributed by atoms with Gasteiger partial charge in [-0.1, -0.05) is 39.7 Å². The van der Waals surface area contributed by atoms with E-state index < -0.39 is 16.0 Å². The molecule has 28 heavy (non-hydrogen) atoms. The van der Waals surface area contributed by atoms with Crippen molar-refractivity contribution in [2.24, 2.45) is 5.92 Å². The first-order chi connectivity index (χ1) is 13.3. The van der Waals surface area contributed by atoms with Gasteiger partial charge in [-0.05, 0) is 37.0 Å². The summed E-state index contributed by atoms with van der Waals surface area (Å²) < 4.78 is 31.6. The normalized spacial score (nSPS) is 20.0. The van der Waals surface area contributed by atoms with Gasteiger partial charge in [-0.25, -0.2) is 13.2 Å². The lowest BCUT2D eigenvalue weighted by Gasteiger charge is -2.29. The van der Waals surface area contributed by atoms with Crippen molar-refractivity contribution in [3.8, 4) is 0 Å². The number of carbonyl (C=O) groups is 2. The highest BCUT2D eigenvalue weighted by atomic mass is 32.2. The molecule has 156 valence electrons. The molecule has 2 rings (SSSR count). The van der Waals surface area contributed by atoms with E-state index in [0.29, 0.717) is 19.0 Å². The zero-order valence-electron chi connectivity index (χ0n) is 16.8. The highest BCUT2D eigenvalue weighted by Gasteiger charge is 2.24. The molecule has 0 saturated heterocycles. The molecule has 0 bridgehead atoms. The van der Waals surface area contributed by atoms with Crippen LogP contribution in [0, 0.1) is 5.92 Å². The first-order valence-electron chi connectivity index (χ1n) is 9.86. The number of esters is 1. The Morgan fingerprint density at radius 2 is 1.86 bits per heavy atom. The van der Waals surface area contributed by atoms with Gasteiger partial charge in [-0.2, -0.15) is 4.31 Å². The van der Waals surface area contributed by atoms with E-state index in [4.69, 9.17) is 4.74 Å². The lowest BCUT2D eigenvalue weighted by molar-refractivity contribution is -0.125. The minimum absolute atomic E-state index is 0.0335. The predicted molar refractivity (Wildman–Crippen MR) is 106 cm³/mol. The minimum atomic E-state index is -3.67. The third-order valence-corrected chi connectivity index (χ3v) is 7.25. The van der Waals surface area contributed by atoms with Crippen molar-refractivity contribution >= 4 is 21.9 Å². The van der Waals surface area contributed by atoms with Gasteiger partial charge in [-0.15, -0.1) is 0 Å². The molecule has 1 saturated carbocycles. The van der Waals surface area contributed by atoms with Crippen LogP contribution >= 0.6 is 0 Å². The van der Waals surface area contributed by atoms with Crippen molar-refractivity contribution in [1.82, 2.24) is 9.62 Å². The SMILES string of the molecule is CCN(CC)S(=O)(=O)c1cccc(C(=O)OCC(=O)N[C@H]2CCCC[C@H]2C)c1. The van der Waals surface area contributed by atoms with E-state index in [1.165, 1.54) is 35.0 Å². The van der Waals surface area contributed by atoms with E-state index in [-0.39, 0.29) is 29.0 Å². The molecule has 0 radical (unpaired) electrons. The molecule has 0 spiro atoms. The predicted octanol–water partition coefficient (Wildman–Crippen LogP) is 2.57. The first kappa shape index (κ1) is 22.4. The topological polar surface area (TPSA) is 92.8 Å². The summed E-state index contributed by atoms with van der Waals surface area (Å²) in [6.07, 6.45) is 4.28. The van der Waals surface area contributed by atoms with Gasteiger partial charge in [0.25, 0.3) is 5.91 Å². The van der Waals surface area contributed by atoms with Crippen LogP contribution in [-0.2, 0) is 19.6 Å². The third-order valence-electron chi connectivity index (χ3n) is 5.21. The van der Waals surface area contributed by atoms with E-state index in [1.54, 1.807) is 13.8 Å². The number of amides is 1. The Kier molecular flexibility index (Phi) is 8.00. The third kappa shape index (κ3) is 5.54. The molecule has 2 atom stereocenters. The zero-order valence-corrected chi connectivity index (χ0v) is 17.6. The van der Waals surface area contributed by atoms with E-state index in [2.05, 4.69) is 12.2 Å². The lowest BCUT2D eigenvalue weighted by Crippen LogP contribution is -2.42. The largest absolute Gasteiger partial charge is 0.452 e. The van der Waals surface area contributed by atoms with Crippen molar-refractivity contribution in [1.29, 1.82) is 0 Å². The van der Waals surface area contributed by atoms with Gasteiger partial charge in [-0.3, -0.25) is 4.79 Å². The molecule has 0 aliphatic heterocycles. The lowest BCUT2D eigenvalue weighted by atomic mass is 9.86. The molecule has 1 aliphatic rings. The van der Waals surface area contributed by atoms with Crippen LogP contribution in [0.3, 0.4) is 0 Å². The number of nitrogens with one attached hydrogen (secondary N) is 1. The Balaban J connectivity index is 1.98. The van der Waals surface area contributed by atoms with Gasteiger partial charge < -0.3 is 10.1 Å². The number of ether oxygens (including phenoxy) is 1. The number of nitrogens with zero attached hydrogens (tertiary/aromatic N) is 1. The smallest absolute Gasteiger partial charge is 0.338 e. The van der Waals surface area contributed by atoms with Crippen LogP contribution in [0.15, 0.2) is 29.2 Å². The summed E-state index contributed by atoms with van der Waals surface area (Å²) in [5.74, 6) is -0.641. The number of carbonyl (C=O) groups excluding carboxylic acids is 2. The van der Waals surface area contributed by atoms with Crippen LogP contribution in [0.1, 0.15) is 56.8 Å². The van der Waals surface area contributed by atoms with Crippen molar-refractivity contribution in [2.45, 2.75) is 57.4 Å². The average molecular weight is 411 g/mol. The number of benzene rings is 1. The second-order valence-corrected chi connectivity index (χ2v) is 9.07. The van der Waals surface area contributed by atoms with E-state index in [0.717, 1.165) is 19.3 Å². The molecule has 8 heteroatoms. The van der Waals surface area contributed by atoms with Crippen LogP contribution in [0.4, 0.5) is 0 Å². The number of rotatable bonds is 8. The van der Waals surface area contributed by atoms with E-state index >= 15 is 0 Å². The van der Waals surface area contributed by atoms with Gasteiger partial charge in [0.05, 0.1) is 10.5 Å². The second-order valence-electron chi connectivity index (χ2n) is 7.13. The molecule has 1 aromatic carbocycles. The quantitative estimate of drug-likeness (QED) is 0.665. The highest BCUT2D eigenvalue weighted by Crippen LogP contribution is 2.23. The maximum Gasteiger partial charge on any atom is 0.338 e. The van der Waals surface area contributed by atoms with Gasteiger partial charge >= 0.3 is 5.97 Å². The molecular formula is C20H30N2O5S. The fourth-order valence-electron chi connectivity index (χ4n) is 3.49. The van der Waals surface area contributed by atoms with Crippen molar-refractivity contribution < 1.29 is 22.7 Å². The standard InChI is InChI=1S/C20H30N2O5S/c1-4-22(5-2)28(25,26)17-11-8-10-16(13-17)20(24)27-14-19(23)21-18-12-7-6-9-15(18)3/h8,10-11,13,15,18H,4-7,9,12,14H2,1-3H3,(H,21,23)/t15-,18+/m1/s1. The molecule has 1 aliphatic carbocycles. The van der Waals surface area contributed by atoms with Gasteiger partial charge in [0, 0.05) is 19.1 Å². The summed E-state index contributed by atoms with van der Waals surface area (Å²) in [6.45, 7) is 5.92. The van der Waals surface area contributed by atoms with Crippen LogP contribution in [0.2, 0.25) is 0 Å². The summed E-state index contributed by atoms with van der Waals surface area (Å²) in [7, 11) is -3.67. The summed E-state index contributed by atoms with van der Waals surface area (Å²) in [4.78, 5) is 24.4. The van der Waals surface area contributed by atoms with Crippen LogP contribution in [-0.4, -0.2) is 50.3 Å². The van der Waals surface area contributed by atoms with Crippen molar-refractivity contribution in [3.05, 3.63) is 29.8 Å². The summed E-state index contributed by atoms with van der Waals surface area (Å²) in [5, 5.41) is 2.92. The Hall–Kier alpha value is -1.93. The minimum Gasteiger partial charge on any atom is -0.452 e. The summed E-state index contributed by atoms with van der Waals surface area (Å²) in [5.41, 5.74) is 0.104. The summed E-state index contributed by atoms with van der Waals surface area (Å²) >= 11 is 0. The molecular weight excluding hydrogens is 380 g/mol. The molecule has 0 aromatic heterocycles. The van der Waals surface area contributed by atoms with Crippen molar-refractivity contribution in [2.75, 3.05) is 19.7 Å². The highest BCUT2D eigenvalue weighted by molar-refractivity contribution is 7.89. The molecule has 7 nitrogen and oxygen atoms in total. The Morgan fingerprint density at radius 3 is 2.50 bits per heavy atom. The number of hydrogen-bond donors (Lipinski definition) is 1. The van der Waals surface area contributed by atoms with Crippen molar-refractivity contribution in [3.63, 3.8) is 0 Å². The Labute approximate surface area is 167 Å². The van der Waals surface area contributed by atoms with Crippen LogP contribution in [0.25, 0.3) is 0 Å². The average Bonchev–Trinajstić information content (AvgIpc) is 2.68. The molecule has 1 aromatic rings. The molecule has 1 N–H and O–H groups in total. The van der Waals surface area contributed by atoms with E-state index in [1.807, 2.05) is 0 Å². The molecule has 0 heterocycles. The van der Waals surface area contributed by atoms with Crippen LogP contribution in [0.5, 0.6) is 0 Å². The fraction of sp³-hybridized carbons (Fsp3) is 0.600. The van der Waals surface area contributed by atoms with Gasteiger partial charge in [0.1, 0.15) is 0 Å².